The fourth-order valence-corrected chi connectivity index (χ4v) is 2.97. The van der Waals surface area contributed by atoms with E-state index in [0.717, 1.165) is 28.7 Å². The van der Waals surface area contributed by atoms with Gasteiger partial charge in [0.15, 0.2) is 0 Å². The molecular weight excluding hydrogens is 301 g/mol. The van der Waals surface area contributed by atoms with Crippen LogP contribution in [-0.4, -0.2) is 16.7 Å². The Bertz CT molecular complexity index is 555. The van der Waals surface area contributed by atoms with Gasteiger partial charge < -0.3 is 5.32 Å². The van der Waals surface area contributed by atoms with Gasteiger partial charge in [0.05, 0.1) is 5.02 Å². The Morgan fingerprint density at radius 1 is 1.26 bits per heavy atom. The predicted octanol–water partition coefficient (Wildman–Crippen LogP) is 4.26. The average molecular weight is 316 g/mol. The topological polar surface area (TPSA) is 37.8 Å². The fraction of sp³-hybridized carbons (Fsp3) is 0.385. The number of halogens is 2. The van der Waals surface area contributed by atoms with Gasteiger partial charge in [-0.2, -0.15) is 0 Å². The van der Waals surface area contributed by atoms with Gasteiger partial charge in [-0.1, -0.05) is 48.4 Å². The van der Waals surface area contributed by atoms with E-state index < -0.39 is 0 Å². The molecule has 3 nitrogen and oxygen atoms in total. The molecule has 2 aromatic rings. The molecule has 1 N–H and O–H groups in total. The Balaban J connectivity index is 2.08. The summed E-state index contributed by atoms with van der Waals surface area (Å²) in [5, 5.41) is 14.7. The summed E-state index contributed by atoms with van der Waals surface area (Å²) in [5.74, 6) is 0.623. The third kappa shape index (κ3) is 4.14. The van der Waals surface area contributed by atoms with Crippen LogP contribution in [0.3, 0.4) is 0 Å². The maximum absolute atomic E-state index is 6.16. The van der Waals surface area contributed by atoms with Crippen molar-refractivity contribution in [2.45, 2.75) is 20.4 Å². The molecule has 0 aliphatic rings. The van der Waals surface area contributed by atoms with E-state index >= 15 is 0 Å². The third-order valence-corrected chi connectivity index (χ3v) is 3.96. The van der Waals surface area contributed by atoms with E-state index in [2.05, 4.69) is 29.4 Å². The number of aromatic nitrogens is 2. The lowest BCUT2D eigenvalue weighted by Gasteiger charge is -2.04. The Hall–Kier alpha value is -0.680. The van der Waals surface area contributed by atoms with E-state index in [1.54, 1.807) is 23.5 Å². The van der Waals surface area contributed by atoms with Gasteiger partial charge in [0.2, 0.25) is 0 Å². The number of nitrogens with one attached hydrogen (secondary N) is 1. The molecule has 19 heavy (non-hydrogen) atoms. The van der Waals surface area contributed by atoms with Crippen LogP contribution < -0.4 is 5.32 Å². The van der Waals surface area contributed by atoms with Crippen molar-refractivity contribution < 1.29 is 0 Å². The van der Waals surface area contributed by atoms with Gasteiger partial charge in [0, 0.05) is 17.1 Å². The largest absolute Gasteiger partial charge is 0.310 e. The maximum atomic E-state index is 6.16. The van der Waals surface area contributed by atoms with E-state index in [4.69, 9.17) is 23.2 Å². The molecule has 0 unspecified atom stereocenters. The molecule has 0 radical (unpaired) electrons. The Labute approximate surface area is 127 Å². The predicted molar refractivity (Wildman–Crippen MR) is 81.9 cm³/mol. The van der Waals surface area contributed by atoms with Gasteiger partial charge in [-0.15, -0.1) is 10.2 Å². The summed E-state index contributed by atoms with van der Waals surface area (Å²) in [6.45, 7) is 6.05. The van der Waals surface area contributed by atoms with Crippen molar-refractivity contribution >= 4 is 34.5 Å². The van der Waals surface area contributed by atoms with Crippen LogP contribution in [0.2, 0.25) is 10.0 Å². The number of hydrogen-bond donors (Lipinski definition) is 1. The molecule has 1 heterocycles. The first-order chi connectivity index (χ1) is 9.06. The lowest BCUT2D eigenvalue weighted by atomic mass is 10.2. The highest BCUT2D eigenvalue weighted by molar-refractivity contribution is 7.14. The van der Waals surface area contributed by atoms with Gasteiger partial charge in [0.1, 0.15) is 10.0 Å². The number of rotatable bonds is 5. The monoisotopic (exact) mass is 315 g/mol. The molecule has 0 saturated heterocycles. The quantitative estimate of drug-likeness (QED) is 0.896. The van der Waals surface area contributed by atoms with Crippen molar-refractivity contribution in [1.82, 2.24) is 15.5 Å². The Kier molecular flexibility index (Phi) is 5.16. The van der Waals surface area contributed by atoms with Crippen LogP contribution in [0.5, 0.6) is 0 Å². The molecular formula is C13H15Cl2N3S. The standard InChI is InChI=1S/C13H15Cl2N3S/c1-8(2)6-16-7-12-17-18-13(19-12)10-4-3-9(14)5-11(10)15/h3-5,8,16H,6-7H2,1-2H3. The molecule has 0 bridgehead atoms. The summed E-state index contributed by atoms with van der Waals surface area (Å²) in [7, 11) is 0. The van der Waals surface area contributed by atoms with Gasteiger partial charge >= 0.3 is 0 Å². The normalized spacial score (nSPS) is 11.2. The summed E-state index contributed by atoms with van der Waals surface area (Å²) < 4.78 is 0. The number of hydrogen-bond acceptors (Lipinski definition) is 4. The van der Waals surface area contributed by atoms with Crippen molar-refractivity contribution in [3.8, 4) is 10.6 Å². The van der Waals surface area contributed by atoms with E-state index in [1.807, 2.05) is 6.07 Å². The molecule has 6 heteroatoms. The highest BCUT2D eigenvalue weighted by Crippen LogP contribution is 2.32. The Morgan fingerprint density at radius 2 is 2.05 bits per heavy atom. The molecule has 1 aromatic heterocycles. The molecule has 0 aliphatic heterocycles. The molecule has 0 aliphatic carbocycles. The van der Waals surface area contributed by atoms with Crippen molar-refractivity contribution in [2.24, 2.45) is 5.92 Å². The van der Waals surface area contributed by atoms with Crippen molar-refractivity contribution in [3.05, 3.63) is 33.3 Å². The van der Waals surface area contributed by atoms with E-state index in [0.29, 0.717) is 16.0 Å². The van der Waals surface area contributed by atoms with Crippen LogP contribution in [0, 0.1) is 5.92 Å². The molecule has 0 saturated carbocycles. The summed E-state index contributed by atoms with van der Waals surface area (Å²) in [6, 6.07) is 5.40. The third-order valence-electron chi connectivity index (χ3n) is 2.46. The molecule has 0 amide bonds. The van der Waals surface area contributed by atoms with Crippen LogP contribution in [0.4, 0.5) is 0 Å². The second kappa shape index (κ2) is 6.66. The number of nitrogens with zero attached hydrogens (tertiary/aromatic N) is 2. The van der Waals surface area contributed by atoms with Crippen LogP contribution in [0.15, 0.2) is 18.2 Å². The smallest absolute Gasteiger partial charge is 0.149 e. The lowest BCUT2D eigenvalue weighted by molar-refractivity contribution is 0.550. The zero-order chi connectivity index (χ0) is 13.8. The van der Waals surface area contributed by atoms with Crippen LogP contribution in [0.1, 0.15) is 18.9 Å². The van der Waals surface area contributed by atoms with Crippen LogP contribution in [-0.2, 0) is 6.54 Å². The van der Waals surface area contributed by atoms with Gasteiger partial charge in [-0.05, 0) is 30.7 Å². The van der Waals surface area contributed by atoms with E-state index in [1.165, 1.54) is 0 Å². The molecule has 0 fully saturated rings. The highest BCUT2D eigenvalue weighted by Gasteiger charge is 2.10. The minimum atomic E-state index is 0.602. The first kappa shape index (κ1) is 14.7. The first-order valence-electron chi connectivity index (χ1n) is 6.05. The lowest BCUT2D eigenvalue weighted by Crippen LogP contribution is -2.18. The zero-order valence-electron chi connectivity index (χ0n) is 10.8. The summed E-state index contributed by atoms with van der Waals surface area (Å²) in [5.41, 5.74) is 0.874. The molecule has 102 valence electrons. The van der Waals surface area contributed by atoms with Gasteiger partial charge in [-0.25, -0.2) is 0 Å². The van der Waals surface area contributed by atoms with E-state index in [9.17, 15) is 0 Å². The first-order valence-corrected chi connectivity index (χ1v) is 7.62. The summed E-state index contributed by atoms with van der Waals surface area (Å²) >= 11 is 13.6. The molecule has 1 aromatic carbocycles. The minimum Gasteiger partial charge on any atom is -0.310 e. The maximum Gasteiger partial charge on any atom is 0.149 e. The van der Waals surface area contributed by atoms with Gasteiger partial charge in [-0.3, -0.25) is 0 Å². The summed E-state index contributed by atoms with van der Waals surface area (Å²) in [4.78, 5) is 0. The highest BCUT2D eigenvalue weighted by atomic mass is 35.5. The van der Waals surface area contributed by atoms with Crippen molar-refractivity contribution in [1.29, 1.82) is 0 Å². The van der Waals surface area contributed by atoms with E-state index in [-0.39, 0.29) is 0 Å². The number of benzene rings is 1. The van der Waals surface area contributed by atoms with Crippen LogP contribution >= 0.6 is 34.5 Å². The van der Waals surface area contributed by atoms with Crippen LogP contribution in [0.25, 0.3) is 10.6 Å². The fourth-order valence-electron chi connectivity index (χ4n) is 1.56. The average Bonchev–Trinajstić information content (AvgIpc) is 2.77. The molecule has 2 rings (SSSR count). The second-order valence-electron chi connectivity index (χ2n) is 4.65. The minimum absolute atomic E-state index is 0.602. The Morgan fingerprint density at radius 3 is 2.74 bits per heavy atom. The molecule has 0 spiro atoms. The zero-order valence-corrected chi connectivity index (χ0v) is 13.1. The second-order valence-corrected chi connectivity index (χ2v) is 6.56. The van der Waals surface area contributed by atoms with Gasteiger partial charge in [0.25, 0.3) is 0 Å². The summed E-state index contributed by atoms with van der Waals surface area (Å²) in [6.07, 6.45) is 0. The van der Waals surface area contributed by atoms with Crippen molar-refractivity contribution in [2.75, 3.05) is 6.54 Å². The van der Waals surface area contributed by atoms with Crippen molar-refractivity contribution in [3.63, 3.8) is 0 Å². The SMILES string of the molecule is CC(C)CNCc1nnc(-c2ccc(Cl)cc2Cl)s1. The molecule has 0 atom stereocenters.